The number of anilines is 2. The van der Waals surface area contributed by atoms with Crippen molar-refractivity contribution in [3.8, 4) is 0 Å². The lowest BCUT2D eigenvalue weighted by atomic mass is 10.3. The van der Waals surface area contributed by atoms with Crippen LogP contribution in [0, 0.1) is 0 Å². The number of nitrogens with two attached hydrogens (primary N) is 1. The largest absolute Gasteiger partial charge is 0.399 e. The number of nitrogen functional groups attached to an aromatic ring is 1. The van der Waals surface area contributed by atoms with E-state index in [0.29, 0.717) is 10.2 Å². The second kappa shape index (κ2) is 4.59. The Kier molecular flexibility index (Phi) is 3.31. The molecule has 0 fully saturated rings. The summed E-state index contributed by atoms with van der Waals surface area (Å²) in [4.78, 5) is 0.0627. The average molecular weight is 335 g/mol. The molecule has 0 radical (unpaired) electrons. The Morgan fingerprint density at radius 1 is 1.41 bits per heavy atom. The van der Waals surface area contributed by atoms with Gasteiger partial charge >= 0.3 is 0 Å². The molecule has 1 heterocycles. The first-order valence-electron chi connectivity index (χ1n) is 4.33. The summed E-state index contributed by atoms with van der Waals surface area (Å²) in [5, 5.41) is 7.36. The first-order chi connectivity index (χ1) is 7.99. The molecule has 2 aromatic rings. The molecule has 1 aromatic heterocycles. The zero-order valence-corrected chi connectivity index (χ0v) is 11.5. The number of hydrogen-bond donors (Lipinski definition) is 2. The maximum Gasteiger partial charge on any atom is 0.264 e. The van der Waals surface area contributed by atoms with Crippen LogP contribution in [-0.2, 0) is 10.0 Å². The topological polar surface area (TPSA) is 98.0 Å². The van der Waals surface area contributed by atoms with Gasteiger partial charge in [0.05, 0.1) is 0 Å². The summed E-state index contributed by atoms with van der Waals surface area (Å²) in [6, 6.07) is 4.55. The normalized spacial score (nSPS) is 11.4. The standard InChI is InChI=1S/C8H7BrN4O2S2/c9-6-2-1-5(10)3-7(6)17(14,15)13-8-12-11-4-16-8/h1-4H,10H2,(H,12,13). The predicted octanol–water partition coefficient (Wildman–Crippen LogP) is 1.68. The van der Waals surface area contributed by atoms with E-state index < -0.39 is 10.0 Å². The predicted molar refractivity (Wildman–Crippen MR) is 69.3 cm³/mol. The fourth-order valence-corrected chi connectivity index (χ4v) is 3.81. The summed E-state index contributed by atoms with van der Waals surface area (Å²) >= 11 is 4.26. The van der Waals surface area contributed by atoms with Crippen LogP contribution in [0.5, 0.6) is 0 Å². The fourth-order valence-electron chi connectivity index (χ4n) is 1.11. The van der Waals surface area contributed by atoms with Crippen LogP contribution in [0.4, 0.5) is 10.8 Å². The molecular formula is C8H7BrN4O2S2. The molecule has 17 heavy (non-hydrogen) atoms. The van der Waals surface area contributed by atoms with Crippen molar-refractivity contribution in [2.75, 3.05) is 10.5 Å². The van der Waals surface area contributed by atoms with Gasteiger partial charge in [-0.05, 0) is 34.1 Å². The number of sulfonamides is 1. The van der Waals surface area contributed by atoms with Gasteiger partial charge in [0.2, 0.25) is 5.13 Å². The molecule has 90 valence electrons. The molecule has 0 aliphatic rings. The minimum Gasteiger partial charge on any atom is -0.399 e. The van der Waals surface area contributed by atoms with Crippen molar-refractivity contribution in [3.63, 3.8) is 0 Å². The van der Waals surface area contributed by atoms with E-state index in [4.69, 9.17) is 5.73 Å². The SMILES string of the molecule is Nc1ccc(Br)c(S(=O)(=O)Nc2nncs2)c1. The molecule has 0 saturated carbocycles. The van der Waals surface area contributed by atoms with E-state index in [9.17, 15) is 8.42 Å². The summed E-state index contributed by atoms with van der Waals surface area (Å²) in [5.74, 6) is 0. The number of aromatic nitrogens is 2. The molecule has 0 aliphatic heterocycles. The Hall–Kier alpha value is -1.19. The van der Waals surface area contributed by atoms with E-state index in [0.717, 1.165) is 11.3 Å². The monoisotopic (exact) mass is 334 g/mol. The molecule has 9 heteroatoms. The summed E-state index contributed by atoms with van der Waals surface area (Å²) < 4.78 is 26.8. The zero-order valence-electron chi connectivity index (χ0n) is 8.29. The van der Waals surface area contributed by atoms with Gasteiger partial charge in [-0.15, -0.1) is 10.2 Å². The first-order valence-corrected chi connectivity index (χ1v) is 7.48. The van der Waals surface area contributed by atoms with Gasteiger partial charge in [-0.2, -0.15) is 0 Å². The second-order valence-corrected chi connectivity index (χ2v) is 6.38. The minimum absolute atomic E-state index is 0.0627. The molecule has 0 unspecified atom stereocenters. The molecule has 3 N–H and O–H groups in total. The van der Waals surface area contributed by atoms with Crippen molar-refractivity contribution in [2.24, 2.45) is 0 Å². The average Bonchev–Trinajstić information content (AvgIpc) is 2.73. The molecule has 0 amide bonds. The summed E-state index contributed by atoms with van der Waals surface area (Å²) in [6.07, 6.45) is 0. The van der Waals surface area contributed by atoms with Crippen molar-refractivity contribution in [1.29, 1.82) is 0 Å². The highest BCUT2D eigenvalue weighted by molar-refractivity contribution is 9.10. The highest BCUT2D eigenvalue weighted by Gasteiger charge is 2.19. The van der Waals surface area contributed by atoms with Gasteiger partial charge in [0.15, 0.2) is 0 Å². The quantitative estimate of drug-likeness (QED) is 0.832. The third kappa shape index (κ3) is 2.73. The van der Waals surface area contributed by atoms with Gasteiger partial charge in [-0.3, -0.25) is 4.72 Å². The highest BCUT2D eigenvalue weighted by atomic mass is 79.9. The molecule has 0 saturated heterocycles. The van der Waals surface area contributed by atoms with Gasteiger partial charge in [-0.1, -0.05) is 11.3 Å². The van der Waals surface area contributed by atoms with E-state index in [1.54, 1.807) is 12.1 Å². The molecule has 1 aromatic carbocycles. The van der Waals surface area contributed by atoms with Crippen LogP contribution in [0.15, 0.2) is 33.1 Å². The number of benzene rings is 1. The van der Waals surface area contributed by atoms with Crippen LogP contribution in [0.2, 0.25) is 0 Å². The summed E-state index contributed by atoms with van der Waals surface area (Å²) in [7, 11) is -3.71. The summed E-state index contributed by atoms with van der Waals surface area (Å²) in [5.41, 5.74) is 7.36. The Bertz CT molecular complexity index is 627. The Labute approximate surface area is 110 Å². The third-order valence-corrected chi connectivity index (χ3v) is 4.90. The maximum absolute atomic E-state index is 12.0. The van der Waals surface area contributed by atoms with E-state index in [2.05, 4.69) is 30.8 Å². The number of nitrogens with one attached hydrogen (secondary N) is 1. The highest BCUT2D eigenvalue weighted by Crippen LogP contribution is 2.26. The first kappa shape index (κ1) is 12.3. The van der Waals surface area contributed by atoms with E-state index in [1.807, 2.05) is 0 Å². The molecular weight excluding hydrogens is 328 g/mol. The van der Waals surface area contributed by atoms with Gasteiger partial charge in [0.25, 0.3) is 10.0 Å². The lowest BCUT2D eigenvalue weighted by molar-refractivity contribution is 0.600. The molecule has 6 nitrogen and oxygen atoms in total. The van der Waals surface area contributed by atoms with Crippen LogP contribution in [0.3, 0.4) is 0 Å². The number of rotatable bonds is 3. The van der Waals surface area contributed by atoms with Crippen LogP contribution >= 0.6 is 27.3 Å². The fraction of sp³-hybridized carbons (Fsp3) is 0. The minimum atomic E-state index is -3.71. The molecule has 0 bridgehead atoms. The molecule has 0 aliphatic carbocycles. The van der Waals surface area contributed by atoms with Crippen LogP contribution < -0.4 is 10.5 Å². The third-order valence-electron chi connectivity index (χ3n) is 1.83. The maximum atomic E-state index is 12.0. The van der Waals surface area contributed by atoms with Gasteiger partial charge in [0.1, 0.15) is 10.4 Å². The van der Waals surface area contributed by atoms with Crippen LogP contribution in [0.1, 0.15) is 0 Å². The van der Waals surface area contributed by atoms with Crippen molar-refractivity contribution in [1.82, 2.24) is 10.2 Å². The van der Waals surface area contributed by atoms with Gasteiger partial charge in [0, 0.05) is 10.2 Å². The van der Waals surface area contributed by atoms with Crippen molar-refractivity contribution in [2.45, 2.75) is 4.90 Å². The summed E-state index contributed by atoms with van der Waals surface area (Å²) in [6.45, 7) is 0. The van der Waals surface area contributed by atoms with E-state index in [-0.39, 0.29) is 10.0 Å². The van der Waals surface area contributed by atoms with Crippen molar-refractivity contribution >= 4 is 48.1 Å². The Balaban J connectivity index is 2.41. The van der Waals surface area contributed by atoms with Crippen LogP contribution in [0.25, 0.3) is 0 Å². The molecule has 2 rings (SSSR count). The molecule has 0 atom stereocenters. The van der Waals surface area contributed by atoms with Crippen LogP contribution in [-0.4, -0.2) is 18.6 Å². The lowest BCUT2D eigenvalue weighted by Gasteiger charge is -2.07. The van der Waals surface area contributed by atoms with Gasteiger partial charge < -0.3 is 5.73 Å². The second-order valence-electron chi connectivity index (χ2n) is 3.04. The van der Waals surface area contributed by atoms with E-state index in [1.165, 1.54) is 11.6 Å². The number of nitrogens with zero attached hydrogens (tertiary/aromatic N) is 2. The Morgan fingerprint density at radius 2 is 2.18 bits per heavy atom. The smallest absolute Gasteiger partial charge is 0.264 e. The molecule has 0 spiro atoms. The number of hydrogen-bond acceptors (Lipinski definition) is 6. The Morgan fingerprint density at radius 3 is 2.82 bits per heavy atom. The van der Waals surface area contributed by atoms with Crippen molar-refractivity contribution in [3.05, 3.63) is 28.2 Å². The van der Waals surface area contributed by atoms with Crippen molar-refractivity contribution < 1.29 is 8.42 Å². The lowest BCUT2D eigenvalue weighted by Crippen LogP contribution is -2.13. The zero-order chi connectivity index (χ0) is 12.5. The number of halogens is 1. The van der Waals surface area contributed by atoms with Gasteiger partial charge in [-0.25, -0.2) is 8.42 Å². The van der Waals surface area contributed by atoms with E-state index >= 15 is 0 Å².